The SMILES string of the molecule is CCOC(=O)C1(NC)CCCC(SC2CCCC2)C1. The monoisotopic (exact) mass is 285 g/mol. The smallest absolute Gasteiger partial charge is 0.326 e. The summed E-state index contributed by atoms with van der Waals surface area (Å²) in [7, 11) is 1.90. The zero-order valence-corrected chi connectivity index (χ0v) is 13.1. The highest BCUT2D eigenvalue weighted by molar-refractivity contribution is 8.00. The van der Waals surface area contributed by atoms with Crippen molar-refractivity contribution in [2.75, 3.05) is 13.7 Å². The van der Waals surface area contributed by atoms with Gasteiger partial charge in [-0.15, -0.1) is 0 Å². The molecular weight excluding hydrogens is 258 g/mol. The van der Waals surface area contributed by atoms with Crippen molar-refractivity contribution < 1.29 is 9.53 Å². The Balaban J connectivity index is 1.94. The summed E-state index contributed by atoms with van der Waals surface area (Å²) in [5, 5.41) is 4.72. The summed E-state index contributed by atoms with van der Waals surface area (Å²) in [5.41, 5.74) is -0.426. The number of nitrogens with one attached hydrogen (secondary N) is 1. The van der Waals surface area contributed by atoms with Crippen LogP contribution >= 0.6 is 11.8 Å². The van der Waals surface area contributed by atoms with Gasteiger partial charge in [-0.1, -0.05) is 12.8 Å². The van der Waals surface area contributed by atoms with Crippen LogP contribution in [0.1, 0.15) is 58.3 Å². The van der Waals surface area contributed by atoms with E-state index in [2.05, 4.69) is 17.1 Å². The number of carbonyl (C=O) groups excluding carboxylic acids is 1. The van der Waals surface area contributed by atoms with Crippen LogP contribution < -0.4 is 5.32 Å². The molecule has 2 unspecified atom stereocenters. The van der Waals surface area contributed by atoms with Gasteiger partial charge in [0.2, 0.25) is 0 Å². The van der Waals surface area contributed by atoms with E-state index < -0.39 is 5.54 Å². The highest BCUT2D eigenvalue weighted by Gasteiger charge is 2.43. The van der Waals surface area contributed by atoms with E-state index in [4.69, 9.17) is 4.74 Å². The summed E-state index contributed by atoms with van der Waals surface area (Å²) in [5.74, 6) is -0.0470. The Morgan fingerprint density at radius 1 is 1.26 bits per heavy atom. The first-order valence-corrected chi connectivity index (χ1v) is 8.66. The highest BCUT2D eigenvalue weighted by Crippen LogP contribution is 2.41. The number of carbonyl (C=O) groups is 1. The normalized spacial score (nSPS) is 32.4. The Bertz CT molecular complexity index is 305. The Morgan fingerprint density at radius 2 is 1.95 bits per heavy atom. The van der Waals surface area contributed by atoms with Gasteiger partial charge in [0.25, 0.3) is 0 Å². The maximum Gasteiger partial charge on any atom is 0.326 e. The quantitative estimate of drug-likeness (QED) is 0.788. The zero-order valence-electron chi connectivity index (χ0n) is 12.2. The molecule has 0 bridgehead atoms. The van der Waals surface area contributed by atoms with E-state index >= 15 is 0 Å². The second-order valence-corrected chi connectivity index (χ2v) is 7.42. The minimum atomic E-state index is -0.426. The topological polar surface area (TPSA) is 38.3 Å². The van der Waals surface area contributed by atoms with Gasteiger partial charge in [-0.05, 0) is 52.5 Å². The van der Waals surface area contributed by atoms with Crippen LogP contribution in [0.2, 0.25) is 0 Å². The van der Waals surface area contributed by atoms with Gasteiger partial charge in [0, 0.05) is 10.5 Å². The van der Waals surface area contributed by atoms with Crippen LogP contribution in [0.15, 0.2) is 0 Å². The van der Waals surface area contributed by atoms with Gasteiger partial charge in [-0.25, -0.2) is 0 Å². The molecule has 2 rings (SSSR count). The molecular formula is C15H27NO2S. The van der Waals surface area contributed by atoms with Crippen LogP contribution in [0.5, 0.6) is 0 Å². The third kappa shape index (κ3) is 3.66. The number of hydrogen-bond acceptors (Lipinski definition) is 4. The molecule has 2 fully saturated rings. The molecule has 2 aliphatic carbocycles. The van der Waals surface area contributed by atoms with Gasteiger partial charge in [0.15, 0.2) is 0 Å². The predicted molar refractivity (Wildman–Crippen MR) is 80.5 cm³/mol. The van der Waals surface area contributed by atoms with Gasteiger partial charge in [-0.2, -0.15) is 11.8 Å². The van der Waals surface area contributed by atoms with Crippen molar-refractivity contribution in [1.29, 1.82) is 0 Å². The van der Waals surface area contributed by atoms with Crippen molar-refractivity contribution in [1.82, 2.24) is 5.32 Å². The molecule has 0 radical (unpaired) electrons. The Labute approximate surface area is 121 Å². The summed E-state index contributed by atoms with van der Waals surface area (Å²) in [6, 6.07) is 0. The van der Waals surface area contributed by atoms with Crippen LogP contribution in [0.25, 0.3) is 0 Å². The van der Waals surface area contributed by atoms with Gasteiger partial charge in [0.1, 0.15) is 5.54 Å². The van der Waals surface area contributed by atoms with E-state index in [1.54, 1.807) is 0 Å². The largest absolute Gasteiger partial charge is 0.465 e. The van der Waals surface area contributed by atoms with Crippen molar-refractivity contribution in [2.24, 2.45) is 0 Å². The lowest BCUT2D eigenvalue weighted by Crippen LogP contribution is -2.54. The summed E-state index contributed by atoms with van der Waals surface area (Å²) in [4.78, 5) is 12.2. The molecule has 0 aliphatic heterocycles. The summed E-state index contributed by atoms with van der Waals surface area (Å²) in [6.45, 7) is 2.36. The zero-order chi connectivity index (χ0) is 13.7. The Kier molecular flexibility index (Phi) is 5.58. The lowest BCUT2D eigenvalue weighted by atomic mass is 9.81. The molecule has 1 N–H and O–H groups in total. The molecule has 0 saturated heterocycles. The molecule has 0 aromatic heterocycles. The first kappa shape index (κ1) is 15.2. The molecule has 0 aromatic carbocycles. The second kappa shape index (κ2) is 6.98. The fraction of sp³-hybridized carbons (Fsp3) is 0.933. The van der Waals surface area contributed by atoms with Crippen LogP contribution in [0.4, 0.5) is 0 Å². The van der Waals surface area contributed by atoms with Crippen molar-refractivity contribution in [3.63, 3.8) is 0 Å². The average molecular weight is 285 g/mol. The second-order valence-electron chi connectivity index (χ2n) is 5.81. The Morgan fingerprint density at radius 3 is 2.58 bits per heavy atom. The van der Waals surface area contributed by atoms with Crippen LogP contribution in [-0.4, -0.2) is 35.7 Å². The predicted octanol–water partition coefficient (Wildman–Crippen LogP) is 3.13. The van der Waals surface area contributed by atoms with E-state index in [0.717, 1.165) is 24.5 Å². The Hall–Kier alpha value is -0.220. The molecule has 2 atom stereocenters. The molecule has 3 nitrogen and oxygen atoms in total. The van der Waals surface area contributed by atoms with Gasteiger partial charge in [0.05, 0.1) is 6.61 Å². The van der Waals surface area contributed by atoms with E-state index in [1.807, 2.05) is 14.0 Å². The van der Waals surface area contributed by atoms with Crippen LogP contribution in [0, 0.1) is 0 Å². The minimum absolute atomic E-state index is 0.0470. The number of ether oxygens (including phenoxy) is 1. The first-order chi connectivity index (χ1) is 9.20. The lowest BCUT2D eigenvalue weighted by molar-refractivity contribution is -0.152. The number of likely N-dealkylation sites (N-methyl/N-ethyl adjacent to an activating group) is 1. The summed E-state index contributed by atoms with van der Waals surface area (Å²) < 4.78 is 5.28. The third-order valence-electron chi connectivity index (χ3n) is 4.54. The van der Waals surface area contributed by atoms with Crippen molar-refractivity contribution in [3.05, 3.63) is 0 Å². The molecule has 19 heavy (non-hydrogen) atoms. The van der Waals surface area contributed by atoms with E-state index in [-0.39, 0.29) is 5.97 Å². The molecule has 110 valence electrons. The summed E-state index contributed by atoms with van der Waals surface area (Å²) >= 11 is 2.13. The van der Waals surface area contributed by atoms with Crippen molar-refractivity contribution in [2.45, 2.75) is 74.3 Å². The van der Waals surface area contributed by atoms with Gasteiger partial charge in [-0.3, -0.25) is 4.79 Å². The lowest BCUT2D eigenvalue weighted by Gasteiger charge is -2.39. The third-order valence-corrected chi connectivity index (χ3v) is 6.18. The molecule has 2 aliphatic rings. The van der Waals surface area contributed by atoms with Crippen LogP contribution in [0.3, 0.4) is 0 Å². The molecule has 0 aromatic rings. The fourth-order valence-corrected chi connectivity index (χ4v) is 5.25. The van der Waals surface area contributed by atoms with Crippen molar-refractivity contribution >= 4 is 17.7 Å². The van der Waals surface area contributed by atoms with Gasteiger partial charge < -0.3 is 10.1 Å². The van der Waals surface area contributed by atoms with E-state index in [1.165, 1.54) is 32.1 Å². The standard InChI is InChI=1S/C15H27NO2S/c1-3-18-14(17)15(16-2)10-6-9-13(11-15)19-12-7-4-5-8-12/h12-13,16H,3-11H2,1-2H3. The molecule has 0 heterocycles. The van der Waals surface area contributed by atoms with Gasteiger partial charge >= 0.3 is 5.97 Å². The molecule has 0 spiro atoms. The highest BCUT2D eigenvalue weighted by atomic mass is 32.2. The maximum atomic E-state index is 12.2. The molecule has 0 amide bonds. The summed E-state index contributed by atoms with van der Waals surface area (Å²) in [6.07, 6.45) is 9.75. The minimum Gasteiger partial charge on any atom is -0.465 e. The first-order valence-electron chi connectivity index (χ1n) is 7.72. The number of esters is 1. The maximum absolute atomic E-state index is 12.2. The number of thioether (sulfide) groups is 1. The molecule has 2 saturated carbocycles. The van der Waals surface area contributed by atoms with E-state index in [9.17, 15) is 4.79 Å². The van der Waals surface area contributed by atoms with Crippen molar-refractivity contribution in [3.8, 4) is 0 Å². The van der Waals surface area contributed by atoms with E-state index in [0.29, 0.717) is 11.9 Å². The number of rotatable bonds is 5. The molecule has 4 heteroatoms. The average Bonchev–Trinajstić information content (AvgIpc) is 2.92. The van der Waals surface area contributed by atoms with Crippen LogP contribution in [-0.2, 0) is 9.53 Å². The fourth-order valence-electron chi connectivity index (χ4n) is 3.42. The number of hydrogen-bond donors (Lipinski definition) is 1.